The molecule has 1 rings (SSSR count). The van der Waals surface area contributed by atoms with E-state index in [0.717, 1.165) is 0 Å². The standard InChI is InChI=1S/C8H14N2O4Si/c11-7-3-1-4-9-8(7)10-5-2-6-15(12,13)14/h1,3-4,11-14H,2,5-6H2,(H,9,10). The molecule has 0 aliphatic heterocycles. The largest absolute Gasteiger partial charge is 0.504 e. The van der Waals surface area contributed by atoms with Gasteiger partial charge in [0, 0.05) is 18.8 Å². The molecule has 0 atom stereocenters. The van der Waals surface area contributed by atoms with Gasteiger partial charge < -0.3 is 24.8 Å². The van der Waals surface area contributed by atoms with Crippen LogP contribution in [0.4, 0.5) is 5.82 Å². The molecule has 0 bridgehead atoms. The number of rotatable bonds is 5. The first kappa shape index (κ1) is 11.9. The van der Waals surface area contributed by atoms with Crippen LogP contribution in [0.2, 0.25) is 6.04 Å². The van der Waals surface area contributed by atoms with Crippen LogP contribution in [-0.4, -0.2) is 39.8 Å². The molecule has 1 aromatic heterocycles. The highest BCUT2D eigenvalue weighted by Gasteiger charge is 2.25. The van der Waals surface area contributed by atoms with Crippen molar-refractivity contribution >= 4 is 14.6 Å². The topological polar surface area (TPSA) is 106 Å². The highest BCUT2D eigenvalue weighted by Crippen LogP contribution is 2.18. The maximum absolute atomic E-state index is 9.31. The number of aromatic hydroxyl groups is 1. The summed E-state index contributed by atoms with van der Waals surface area (Å²) in [6, 6.07) is 3.07. The summed E-state index contributed by atoms with van der Waals surface area (Å²) in [4.78, 5) is 30.1. The fourth-order valence-electron chi connectivity index (χ4n) is 1.07. The quantitative estimate of drug-likeness (QED) is 0.345. The number of nitrogens with zero attached hydrogens (tertiary/aromatic N) is 1. The second kappa shape index (κ2) is 5.08. The number of anilines is 1. The van der Waals surface area contributed by atoms with Crippen molar-refractivity contribution in [3.05, 3.63) is 18.3 Å². The molecular weight excluding hydrogens is 216 g/mol. The maximum Gasteiger partial charge on any atom is 0.492 e. The smallest absolute Gasteiger partial charge is 0.492 e. The first-order valence-corrected chi connectivity index (χ1v) is 6.59. The summed E-state index contributed by atoms with van der Waals surface area (Å²) in [5.41, 5.74) is 0. The van der Waals surface area contributed by atoms with Crippen molar-refractivity contribution in [3.8, 4) is 5.75 Å². The molecule has 7 heteroatoms. The highest BCUT2D eigenvalue weighted by atomic mass is 28.4. The fraction of sp³-hybridized carbons (Fsp3) is 0.375. The molecule has 15 heavy (non-hydrogen) atoms. The van der Waals surface area contributed by atoms with Gasteiger partial charge in [-0.3, -0.25) is 0 Å². The van der Waals surface area contributed by atoms with Gasteiger partial charge in [-0.25, -0.2) is 4.98 Å². The van der Waals surface area contributed by atoms with E-state index in [-0.39, 0.29) is 11.8 Å². The van der Waals surface area contributed by atoms with E-state index in [2.05, 4.69) is 10.3 Å². The van der Waals surface area contributed by atoms with Crippen LogP contribution in [0.1, 0.15) is 6.42 Å². The summed E-state index contributed by atoms with van der Waals surface area (Å²) in [6.07, 6.45) is 1.93. The summed E-state index contributed by atoms with van der Waals surface area (Å²) >= 11 is 0. The van der Waals surface area contributed by atoms with Crippen LogP contribution in [0.3, 0.4) is 0 Å². The van der Waals surface area contributed by atoms with Crippen LogP contribution in [0.25, 0.3) is 0 Å². The van der Waals surface area contributed by atoms with Crippen molar-refractivity contribution in [1.82, 2.24) is 4.98 Å². The summed E-state index contributed by atoms with van der Waals surface area (Å²) in [6.45, 7) is 0.404. The molecule has 1 aromatic rings. The van der Waals surface area contributed by atoms with Crippen molar-refractivity contribution in [2.24, 2.45) is 0 Å². The van der Waals surface area contributed by atoms with E-state index >= 15 is 0 Å². The number of aromatic nitrogens is 1. The molecule has 84 valence electrons. The third-order valence-electron chi connectivity index (χ3n) is 1.77. The van der Waals surface area contributed by atoms with Crippen LogP contribution < -0.4 is 5.32 Å². The van der Waals surface area contributed by atoms with Crippen LogP contribution in [0.5, 0.6) is 5.75 Å². The van der Waals surface area contributed by atoms with Crippen LogP contribution in [0.15, 0.2) is 18.3 Å². The van der Waals surface area contributed by atoms with Gasteiger partial charge in [-0.15, -0.1) is 0 Å². The fourth-order valence-corrected chi connectivity index (χ4v) is 1.72. The van der Waals surface area contributed by atoms with Gasteiger partial charge in [-0.2, -0.15) is 0 Å². The van der Waals surface area contributed by atoms with Crippen LogP contribution in [-0.2, 0) is 0 Å². The molecule has 0 saturated carbocycles. The van der Waals surface area contributed by atoms with E-state index in [9.17, 15) is 5.11 Å². The van der Waals surface area contributed by atoms with Crippen molar-refractivity contribution in [3.63, 3.8) is 0 Å². The Kier molecular flexibility index (Phi) is 4.03. The van der Waals surface area contributed by atoms with E-state index in [1.807, 2.05) is 0 Å². The predicted octanol–water partition coefficient (Wildman–Crippen LogP) is -0.495. The number of nitrogens with one attached hydrogen (secondary N) is 1. The number of hydrogen-bond acceptors (Lipinski definition) is 6. The molecule has 0 fully saturated rings. The molecule has 6 nitrogen and oxygen atoms in total. The zero-order valence-corrected chi connectivity index (χ0v) is 9.09. The Bertz CT molecular complexity index is 316. The Morgan fingerprint density at radius 1 is 1.33 bits per heavy atom. The molecule has 0 unspecified atom stereocenters. The summed E-state index contributed by atoms with van der Waals surface area (Å²) < 4.78 is 0. The average Bonchev–Trinajstić information content (AvgIpc) is 2.13. The van der Waals surface area contributed by atoms with Gasteiger partial charge in [0.2, 0.25) is 0 Å². The first-order valence-electron chi connectivity index (χ1n) is 4.54. The minimum Gasteiger partial charge on any atom is -0.504 e. The van der Waals surface area contributed by atoms with Gasteiger partial charge in [-0.1, -0.05) is 0 Å². The maximum atomic E-state index is 9.31. The number of pyridine rings is 1. The Morgan fingerprint density at radius 3 is 2.67 bits per heavy atom. The molecule has 0 radical (unpaired) electrons. The summed E-state index contributed by atoms with van der Waals surface area (Å²) in [5.74, 6) is 0.386. The monoisotopic (exact) mass is 230 g/mol. The molecule has 0 aliphatic carbocycles. The lowest BCUT2D eigenvalue weighted by atomic mass is 10.4. The number of hydrogen-bond donors (Lipinski definition) is 5. The lowest BCUT2D eigenvalue weighted by Crippen LogP contribution is -2.34. The minimum absolute atomic E-state index is 0.0341. The second-order valence-corrected chi connectivity index (χ2v) is 5.22. The van der Waals surface area contributed by atoms with E-state index in [0.29, 0.717) is 18.8 Å². The van der Waals surface area contributed by atoms with Crippen molar-refractivity contribution in [2.75, 3.05) is 11.9 Å². The van der Waals surface area contributed by atoms with E-state index in [4.69, 9.17) is 14.4 Å². The Labute approximate surface area is 88.2 Å². The van der Waals surface area contributed by atoms with Gasteiger partial charge in [0.05, 0.1) is 0 Å². The van der Waals surface area contributed by atoms with Crippen molar-refractivity contribution in [2.45, 2.75) is 12.5 Å². The summed E-state index contributed by atoms with van der Waals surface area (Å²) in [7, 11) is -3.93. The van der Waals surface area contributed by atoms with Gasteiger partial charge in [0.1, 0.15) is 0 Å². The van der Waals surface area contributed by atoms with Crippen LogP contribution in [0, 0.1) is 0 Å². The summed E-state index contributed by atoms with van der Waals surface area (Å²) in [5, 5.41) is 12.1. The first-order chi connectivity index (χ1) is 6.99. The Morgan fingerprint density at radius 2 is 2.07 bits per heavy atom. The molecule has 0 aliphatic rings. The van der Waals surface area contributed by atoms with Gasteiger partial charge in [0.15, 0.2) is 11.6 Å². The highest BCUT2D eigenvalue weighted by molar-refractivity contribution is 6.56. The zero-order valence-electron chi connectivity index (χ0n) is 8.09. The lowest BCUT2D eigenvalue weighted by molar-refractivity contribution is 0.227. The third kappa shape index (κ3) is 4.75. The lowest BCUT2D eigenvalue weighted by Gasteiger charge is -2.10. The molecule has 0 aromatic carbocycles. The van der Waals surface area contributed by atoms with Gasteiger partial charge >= 0.3 is 8.80 Å². The average molecular weight is 230 g/mol. The molecule has 0 saturated heterocycles. The minimum atomic E-state index is -3.93. The molecular formula is C8H14N2O4Si. The molecule has 0 amide bonds. The second-order valence-electron chi connectivity index (χ2n) is 3.18. The van der Waals surface area contributed by atoms with Gasteiger partial charge in [-0.05, 0) is 18.6 Å². The Balaban J connectivity index is 2.30. The normalized spacial score (nSPS) is 11.4. The molecule has 1 heterocycles. The van der Waals surface area contributed by atoms with Crippen molar-refractivity contribution in [1.29, 1.82) is 0 Å². The Hall–Kier alpha value is -1.15. The zero-order chi connectivity index (χ0) is 11.3. The van der Waals surface area contributed by atoms with Crippen LogP contribution >= 0.6 is 0 Å². The van der Waals surface area contributed by atoms with E-state index in [1.54, 1.807) is 6.07 Å². The van der Waals surface area contributed by atoms with Crippen molar-refractivity contribution < 1.29 is 19.5 Å². The molecule has 5 N–H and O–H groups in total. The predicted molar refractivity (Wildman–Crippen MR) is 56.2 cm³/mol. The SMILES string of the molecule is Oc1cccnc1NCCC[Si](O)(O)O. The molecule has 0 spiro atoms. The van der Waals surface area contributed by atoms with E-state index < -0.39 is 8.80 Å². The third-order valence-corrected chi connectivity index (χ3v) is 2.79. The van der Waals surface area contributed by atoms with E-state index in [1.165, 1.54) is 12.3 Å². The van der Waals surface area contributed by atoms with Gasteiger partial charge in [0.25, 0.3) is 0 Å².